The first-order valence-corrected chi connectivity index (χ1v) is 5.42. The molecule has 3 N–H and O–H groups in total. The van der Waals surface area contributed by atoms with Gasteiger partial charge in [0.2, 0.25) is 0 Å². The molecule has 2 heteroatoms. The molecule has 0 heterocycles. The van der Waals surface area contributed by atoms with E-state index in [0.717, 1.165) is 6.42 Å². The standard InChI is InChI=1S/C12H18N2/c13-10-5-4-8-12(9-10)14-11-6-2-1-3-7-11/h1-3,6-7,10,12,14H,4-5,8-9,13H2. The van der Waals surface area contributed by atoms with E-state index in [0.29, 0.717) is 12.1 Å². The molecule has 1 aliphatic rings. The van der Waals surface area contributed by atoms with Gasteiger partial charge in [-0.3, -0.25) is 0 Å². The van der Waals surface area contributed by atoms with E-state index in [9.17, 15) is 0 Å². The maximum atomic E-state index is 5.94. The SMILES string of the molecule is NC1CCCC(Nc2ccccc2)C1. The third-order valence-corrected chi connectivity index (χ3v) is 2.86. The molecule has 1 aliphatic carbocycles. The number of hydrogen-bond acceptors (Lipinski definition) is 2. The van der Waals surface area contributed by atoms with Gasteiger partial charge < -0.3 is 11.1 Å². The van der Waals surface area contributed by atoms with Crippen LogP contribution >= 0.6 is 0 Å². The van der Waals surface area contributed by atoms with Gasteiger partial charge in [0, 0.05) is 17.8 Å². The number of hydrogen-bond donors (Lipinski definition) is 2. The van der Waals surface area contributed by atoms with Crippen molar-refractivity contribution < 1.29 is 0 Å². The van der Waals surface area contributed by atoms with E-state index in [1.807, 2.05) is 6.07 Å². The molecule has 0 spiro atoms. The highest BCUT2D eigenvalue weighted by molar-refractivity contribution is 5.43. The minimum Gasteiger partial charge on any atom is -0.382 e. The molecule has 2 unspecified atom stereocenters. The van der Waals surface area contributed by atoms with Crippen molar-refractivity contribution in [3.8, 4) is 0 Å². The summed E-state index contributed by atoms with van der Waals surface area (Å²) in [7, 11) is 0. The first kappa shape index (κ1) is 9.53. The summed E-state index contributed by atoms with van der Waals surface area (Å²) in [6.07, 6.45) is 4.80. The van der Waals surface area contributed by atoms with Gasteiger partial charge in [0.25, 0.3) is 0 Å². The van der Waals surface area contributed by atoms with Crippen LogP contribution in [0.15, 0.2) is 30.3 Å². The van der Waals surface area contributed by atoms with Crippen LogP contribution in [0.25, 0.3) is 0 Å². The van der Waals surface area contributed by atoms with Crippen LogP contribution in [0.3, 0.4) is 0 Å². The van der Waals surface area contributed by atoms with Gasteiger partial charge in [0.1, 0.15) is 0 Å². The Balaban J connectivity index is 1.91. The smallest absolute Gasteiger partial charge is 0.0342 e. The first-order valence-electron chi connectivity index (χ1n) is 5.42. The highest BCUT2D eigenvalue weighted by Crippen LogP contribution is 2.20. The first-order chi connectivity index (χ1) is 6.84. The van der Waals surface area contributed by atoms with Crippen molar-refractivity contribution in [3.63, 3.8) is 0 Å². The van der Waals surface area contributed by atoms with Crippen molar-refractivity contribution in [2.24, 2.45) is 5.73 Å². The summed E-state index contributed by atoms with van der Waals surface area (Å²) < 4.78 is 0. The Morgan fingerprint density at radius 1 is 1.14 bits per heavy atom. The molecule has 0 aromatic heterocycles. The number of rotatable bonds is 2. The summed E-state index contributed by atoms with van der Waals surface area (Å²) >= 11 is 0. The molecule has 0 amide bonds. The average molecular weight is 190 g/mol. The van der Waals surface area contributed by atoms with Gasteiger partial charge in [-0.05, 0) is 37.8 Å². The number of benzene rings is 1. The fraction of sp³-hybridized carbons (Fsp3) is 0.500. The van der Waals surface area contributed by atoms with Gasteiger partial charge in [0.05, 0.1) is 0 Å². The Hall–Kier alpha value is -1.02. The minimum atomic E-state index is 0.393. The molecule has 0 bridgehead atoms. The molecule has 1 aromatic carbocycles. The Morgan fingerprint density at radius 3 is 2.64 bits per heavy atom. The van der Waals surface area contributed by atoms with Crippen molar-refractivity contribution in [1.82, 2.24) is 0 Å². The third kappa shape index (κ3) is 2.48. The number of anilines is 1. The second-order valence-corrected chi connectivity index (χ2v) is 4.13. The molecule has 1 fully saturated rings. The molecule has 2 atom stereocenters. The number of para-hydroxylation sites is 1. The lowest BCUT2D eigenvalue weighted by Crippen LogP contribution is -2.34. The molecular weight excluding hydrogens is 172 g/mol. The van der Waals surface area contributed by atoms with Crippen LogP contribution in [0.4, 0.5) is 5.69 Å². The van der Waals surface area contributed by atoms with E-state index < -0.39 is 0 Å². The van der Waals surface area contributed by atoms with Crippen LogP contribution in [0.5, 0.6) is 0 Å². The number of nitrogens with two attached hydrogens (primary N) is 1. The van der Waals surface area contributed by atoms with Crippen LogP contribution in [0, 0.1) is 0 Å². The lowest BCUT2D eigenvalue weighted by molar-refractivity contribution is 0.409. The second kappa shape index (κ2) is 4.47. The molecule has 2 nitrogen and oxygen atoms in total. The van der Waals surface area contributed by atoms with Crippen molar-refractivity contribution in [2.45, 2.75) is 37.8 Å². The molecule has 0 saturated heterocycles. The Kier molecular flexibility index (Phi) is 3.04. The van der Waals surface area contributed by atoms with E-state index >= 15 is 0 Å². The molecular formula is C12H18N2. The van der Waals surface area contributed by atoms with Gasteiger partial charge >= 0.3 is 0 Å². The normalized spacial score (nSPS) is 27.2. The predicted octanol–water partition coefficient (Wildman–Crippen LogP) is 2.37. The Bertz CT molecular complexity index is 271. The van der Waals surface area contributed by atoms with E-state index in [2.05, 4.69) is 29.6 Å². The maximum absolute atomic E-state index is 5.94. The van der Waals surface area contributed by atoms with Gasteiger partial charge in [0.15, 0.2) is 0 Å². The fourth-order valence-corrected chi connectivity index (χ4v) is 2.13. The quantitative estimate of drug-likeness (QED) is 0.751. The highest BCUT2D eigenvalue weighted by atomic mass is 14.9. The van der Waals surface area contributed by atoms with E-state index in [1.165, 1.54) is 24.9 Å². The van der Waals surface area contributed by atoms with Gasteiger partial charge in [-0.15, -0.1) is 0 Å². The summed E-state index contributed by atoms with van der Waals surface area (Å²) in [5.74, 6) is 0. The average Bonchev–Trinajstić information content (AvgIpc) is 2.19. The third-order valence-electron chi connectivity index (χ3n) is 2.86. The summed E-state index contributed by atoms with van der Waals surface area (Å²) in [5.41, 5.74) is 7.15. The van der Waals surface area contributed by atoms with Crippen LogP contribution in [-0.2, 0) is 0 Å². The van der Waals surface area contributed by atoms with Crippen LogP contribution in [0.2, 0.25) is 0 Å². The number of nitrogens with one attached hydrogen (secondary N) is 1. The molecule has 76 valence electrons. The van der Waals surface area contributed by atoms with Crippen LogP contribution in [-0.4, -0.2) is 12.1 Å². The molecule has 1 aromatic rings. The van der Waals surface area contributed by atoms with Crippen LogP contribution < -0.4 is 11.1 Å². The molecule has 14 heavy (non-hydrogen) atoms. The fourth-order valence-electron chi connectivity index (χ4n) is 2.13. The summed E-state index contributed by atoms with van der Waals surface area (Å²) in [6.45, 7) is 0. The van der Waals surface area contributed by atoms with Crippen LogP contribution in [0.1, 0.15) is 25.7 Å². The monoisotopic (exact) mass is 190 g/mol. The highest BCUT2D eigenvalue weighted by Gasteiger charge is 2.18. The van der Waals surface area contributed by atoms with E-state index in [-0.39, 0.29) is 0 Å². The van der Waals surface area contributed by atoms with E-state index in [1.54, 1.807) is 0 Å². The van der Waals surface area contributed by atoms with Crippen molar-refractivity contribution in [1.29, 1.82) is 0 Å². The zero-order valence-electron chi connectivity index (χ0n) is 8.45. The van der Waals surface area contributed by atoms with Crippen molar-refractivity contribution in [3.05, 3.63) is 30.3 Å². The minimum absolute atomic E-state index is 0.393. The molecule has 0 radical (unpaired) electrons. The van der Waals surface area contributed by atoms with Gasteiger partial charge in [-0.1, -0.05) is 18.2 Å². The summed E-state index contributed by atoms with van der Waals surface area (Å²) in [5, 5.41) is 3.53. The van der Waals surface area contributed by atoms with Gasteiger partial charge in [-0.2, -0.15) is 0 Å². The molecule has 0 aliphatic heterocycles. The largest absolute Gasteiger partial charge is 0.382 e. The van der Waals surface area contributed by atoms with E-state index in [4.69, 9.17) is 5.73 Å². The Labute approximate surface area is 85.5 Å². The zero-order chi connectivity index (χ0) is 9.80. The molecule has 1 saturated carbocycles. The second-order valence-electron chi connectivity index (χ2n) is 4.13. The van der Waals surface area contributed by atoms with Gasteiger partial charge in [-0.25, -0.2) is 0 Å². The lowest BCUT2D eigenvalue weighted by Gasteiger charge is -2.28. The Morgan fingerprint density at radius 2 is 1.93 bits per heavy atom. The molecule has 2 rings (SSSR count). The van der Waals surface area contributed by atoms with Crippen molar-refractivity contribution in [2.75, 3.05) is 5.32 Å². The predicted molar refractivity (Wildman–Crippen MR) is 60.3 cm³/mol. The summed E-state index contributed by atoms with van der Waals surface area (Å²) in [4.78, 5) is 0. The zero-order valence-corrected chi connectivity index (χ0v) is 8.45. The topological polar surface area (TPSA) is 38.0 Å². The summed E-state index contributed by atoms with van der Waals surface area (Å²) in [6, 6.07) is 11.3. The van der Waals surface area contributed by atoms with Crippen molar-refractivity contribution >= 4 is 5.69 Å². The maximum Gasteiger partial charge on any atom is 0.0342 e. The lowest BCUT2D eigenvalue weighted by atomic mass is 9.91.